The minimum Gasteiger partial charge on any atom is -0.392 e. The van der Waals surface area contributed by atoms with Crippen molar-refractivity contribution < 1.29 is 9.84 Å². The quantitative estimate of drug-likeness (QED) is 0.740. The van der Waals surface area contributed by atoms with Gasteiger partial charge in [-0.1, -0.05) is 6.07 Å². The van der Waals surface area contributed by atoms with Gasteiger partial charge < -0.3 is 14.2 Å². The fourth-order valence-corrected chi connectivity index (χ4v) is 3.38. The van der Waals surface area contributed by atoms with Crippen molar-refractivity contribution in [2.75, 3.05) is 32.8 Å². The van der Waals surface area contributed by atoms with Crippen LogP contribution in [-0.4, -0.2) is 57.0 Å². The summed E-state index contributed by atoms with van der Waals surface area (Å²) in [5.74, 6) is 0. The Hall–Kier alpha value is -2.48. The largest absolute Gasteiger partial charge is 0.392 e. The average Bonchev–Trinajstić information content (AvgIpc) is 3.07. The molecule has 0 aromatic carbocycles. The van der Waals surface area contributed by atoms with Crippen molar-refractivity contribution in [2.45, 2.75) is 13.2 Å². The van der Waals surface area contributed by atoms with Crippen molar-refractivity contribution in [3.05, 3.63) is 58.5 Å². The minimum absolute atomic E-state index is 0.0778. The Morgan fingerprint density at radius 2 is 1.96 bits per heavy atom. The highest BCUT2D eigenvalue weighted by atomic mass is 16.5. The summed E-state index contributed by atoms with van der Waals surface area (Å²) in [7, 11) is 0. The first-order valence-electron chi connectivity index (χ1n) is 8.85. The van der Waals surface area contributed by atoms with Crippen LogP contribution in [0.3, 0.4) is 0 Å². The molecule has 0 unspecified atom stereocenters. The van der Waals surface area contributed by atoms with Crippen LogP contribution in [0.2, 0.25) is 0 Å². The van der Waals surface area contributed by atoms with Crippen LogP contribution in [-0.2, 0) is 17.9 Å². The molecule has 7 nitrogen and oxygen atoms in total. The SMILES string of the molecule is O=c1ccc(-c2c(CO)cc3ccccn23)nn1CCN1CCOCC1. The van der Waals surface area contributed by atoms with Crippen LogP contribution in [0.25, 0.3) is 16.9 Å². The molecule has 1 N–H and O–H groups in total. The van der Waals surface area contributed by atoms with Crippen molar-refractivity contribution >= 4 is 5.52 Å². The van der Waals surface area contributed by atoms with Gasteiger partial charge in [0.25, 0.3) is 5.56 Å². The molecule has 0 aliphatic carbocycles. The van der Waals surface area contributed by atoms with E-state index in [1.165, 1.54) is 4.68 Å². The molecule has 136 valence electrons. The molecule has 1 aliphatic heterocycles. The molecule has 4 heterocycles. The molecule has 0 saturated carbocycles. The summed E-state index contributed by atoms with van der Waals surface area (Å²) in [6, 6.07) is 11.1. The highest BCUT2D eigenvalue weighted by Crippen LogP contribution is 2.25. The lowest BCUT2D eigenvalue weighted by Gasteiger charge is -2.26. The summed E-state index contributed by atoms with van der Waals surface area (Å²) < 4.78 is 8.86. The Kier molecular flexibility index (Phi) is 4.83. The van der Waals surface area contributed by atoms with Gasteiger partial charge in [0.15, 0.2) is 0 Å². The minimum atomic E-state index is -0.117. The lowest BCUT2D eigenvalue weighted by Crippen LogP contribution is -2.39. The van der Waals surface area contributed by atoms with Crippen molar-refractivity contribution in [3.8, 4) is 11.4 Å². The number of pyridine rings is 1. The number of nitrogens with zero attached hydrogens (tertiary/aromatic N) is 4. The van der Waals surface area contributed by atoms with Gasteiger partial charge in [0.05, 0.1) is 32.1 Å². The predicted octanol–water partition coefficient (Wildman–Crippen LogP) is 0.987. The van der Waals surface area contributed by atoms with E-state index >= 15 is 0 Å². The third-order valence-electron chi connectivity index (χ3n) is 4.77. The second-order valence-electron chi connectivity index (χ2n) is 6.41. The zero-order valence-corrected chi connectivity index (χ0v) is 14.5. The van der Waals surface area contributed by atoms with Gasteiger partial charge in [-0.2, -0.15) is 5.10 Å². The molecule has 7 heteroatoms. The first-order valence-corrected chi connectivity index (χ1v) is 8.85. The number of aromatic nitrogens is 3. The van der Waals surface area contributed by atoms with E-state index in [0.29, 0.717) is 12.2 Å². The second-order valence-corrected chi connectivity index (χ2v) is 6.41. The molecule has 0 amide bonds. The van der Waals surface area contributed by atoms with Crippen LogP contribution in [0.15, 0.2) is 47.4 Å². The zero-order valence-electron chi connectivity index (χ0n) is 14.5. The predicted molar refractivity (Wildman–Crippen MR) is 98.1 cm³/mol. The zero-order chi connectivity index (χ0) is 17.9. The maximum atomic E-state index is 12.2. The van der Waals surface area contributed by atoms with Gasteiger partial charge in [0.2, 0.25) is 0 Å². The van der Waals surface area contributed by atoms with E-state index in [1.807, 2.05) is 34.9 Å². The summed E-state index contributed by atoms with van der Waals surface area (Å²) in [6.07, 6.45) is 1.94. The Morgan fingerprint density at radius 3 is 2.77 bits per heavy atom. The van der Waals surface area contributed by atoms with Crippen LogP contribution in [0, 0.1) is 0 Å². The highest BCUT2D eigenvalue weighted by Gasteiger charge is 2.15. The Balaban J connectivity index is 1.66. The number of morpholine rings is 1. The molecule has 0 radical (unpaired) electrons. The summed E-state index contributed by atoms with van der Waals surface area (Å²) in [4.78, 5) is 14.5. The smallest absolute Gasteiger partial charge is 0.266 e. The molecule has 1 saturated heterocycles. The maximum absolute atomic E-state index is 12.2. The molecule has 26 heavy (non-hydrogen) atoms. The lowest BCUT2D eigenvalue weighted by atomic mass is 10.2. The molecule has 0 atom stereocenters. The molecular formula is C19H22N4O3. The van der Waals surface area contributed by atoms with Crippen LogP contribution in [0.5, 0.6) is 0 Å². The summed E-state index contributed by atoms with van der Waals surface area (Å²) in [6.45, 7) is 4.45. The maximum Gasteiger partial charge on any atom is 0.266 e. The molecular weight excluding hydrogens is 332 g/mol. The number of hydrogen-bond donors (Lipinski definition) is 1. The molecule has 0 bridgehead atoms. The topological polar surface area (TPSA) is 72.0 Å². The van der Waals surface area contributed by atoms with Gasteiger partial charge in [-0.3, -0.25) is 9.69 Å². The van der Waals surface area contributed by atoms with Gasteiger partial charge >= 0.3 is 0 Å². The Morgan fingerprint density at radius 1 is 1.12 bits per heavy atom. The lowest BCUT2D eigenvalue weighted by molar-refractivity contribution is 0.0358. The fraction of sp³-hybridized carbons (Fsp3) is 0.368. The van der Waals surface area contributed by atoms with E-state index in [4.69, 9.17) is 4.74 Å². The van der Waals surface area contributed by atoms with Crippen molar-refractivity contribution in [3.63, 3.8) is 0 Å². The van der Waals surface area contributed by atoms with Crippen LogP contribution >= 0.6 is 0 Å². The number of ether oxygens (including phenoxy) is 1. The fourth-order valence-electron chi connectivity index (χ4n) is 3.38. The first-order chi connectivity index (χ1) is 12.8. The van der Waals surface area contributed by atoms with Gasteiger partial charge in [0.1, 0.15) is 5.69 Å². The monoisotopic (exact) mass is 354 g/mol. The van der Waals surface area contributed by atoms with Crippen LogP contribution in [0.1, 0.15) is 5.56 Å². The van der Waals surface area contributed by atoms with Crippen molar-refractivity contribution in [2.24, 2.45) is 0 Å². The number of hydrogen-bond acceptors (Lipinski definition) is 5. The highest BCUT2D eigenvalue weighted by molar-refractivity contribution is 5.68. The first kappa shape index (κ1) is 17.0. The van der Waals surface area contributed by atoms with Gasteiger partial charge in [-0.25, -0.2) is 4.68 Å². The normalized spacial score (nSPS) is 15.6. The van der Waals surface area contributed by atoms with E-state index in [-0.39, 0.29) is 12.2 Å². The molecule has 1 aliphatic rings. The van der Waals surface area contributed by atoms with E-state index < -0.39 is 0 Å². The Labute approximate surface area is 151 Å². The van der Waals surface area contributed by atoms with E-state index in [9.17, 15) is 9.90 Å². The summed E-state index contributed by atoms with van der Waals surface area (Å²) in [5.41, 5.74) is 3.17. The molecule has 1 fully saturated rings. The number of aliphatic hydroxyl groups is 1. The standard InChI is InChI=1S/C19H22N4O3/c24-14-15-13-16-3-1-2-6-22(16)19(15)17-4-5-18(25)23(20-17)8-7-21-9-11-26-12-10-21/h1-6,13,24H,7-12,14H2. The number of aliphatic hydroxyl groups excluding tert-OH is 1. The molecule has 4 rings (SSSR count). The molecule has 3 aromatic heterocycles. The van der Waals surface area contributed by atoms with Crippen LogP contribution < -0.4 is 5.56 Å². The second kappa shape index (κ2) is 7.41. The van der Waals surface area contributed by atoms with E-state index in [2.05, 4.69) is 10.00 Å². The molecule has 0 spiro atoms. The average molecular weight is 354 g/mol. The van der Waals surface area contributed by atoms with Gasteiger partial charge in [-0.15, -0.1) is 0 Å². The Bertz CT molecular complexity index is 957. The molecule has 3 aromatic rings. The number of rotatable bonds is 5. The summed E-state index contributed by atoms with van der Waals surface area (Å²) in [5, 5.41) is 14.3. The van der Waals surface area contributed by atoms with E-state index in [1.54, 1.807) is 12.1 Å². The third-order valence-corrected chi connectivity index (χ3v) is 4.77. The van der Waals surface area contributed by atoms with Gasteiger partial charge in [-0.05, 0) is 24.3 Å². The summed E-state index contributed by atoms with van der Waals surface area (Å²) >= 11 is 0. The van der Waals surface area contributed by atoms with Gasteiger partial charge in [0, 0.05) is 43.0 Å². The van der Waals surface area contributed by atoms with E-state index in [0.717, 1.165) is 49.6 Å². The third kappa shape index (κ3) is 3.29. The van der Waals surface area contributed by atoms with Crippen LogP contribution in [0.4, 0.5) is 0 Å². The van der Waals surface area contributed by atoms with Crippen molar-refractivity contribution in [1.29, 1.82) is 0 Å². The number of fused-ring (bicyclic) bond motifs is 1. The van der Waals surface area contributed by atoms with Crippen molar-refractivity contribution in [1.82, 2.24) is 19.1 Å².